The molecule has 0 fully saturated rings. The lowest BCUT2D eigenvalue weighted by molar-refractivity contribution is -0.138. The van der Waals surface area contributed by atoms with Crippen molar-refractivity contribution in [3.05, 3.63) is 58.1 Å². The number of halogens is 1. The van der Waals surface area contributed by atoms with Crippen LogP contribution in [0, 0.1) is 23.7 Å². The molecule has 18 N–H and O–H groups in total. The van der Waals surface area contributed by atoms with Crippen molar-refractivity contribution in [3.63, 3.8) is 0 Å². The lowest BCUT2D eigenvalue weighted by Crippen LogP contribution is -2.61. The van der Waals surface area contributed by atoms with Gasteiger partial charge in [0.1, 0.15) is 48.0 Å². The minimum Gasteiger partial charge on any atom is -0.496 e. The second kappa shape index (κ2) is 40.0. The Morgan fingerprint density at radius 1 is 0.602 bits per heavy atom. The fourth-order valence-electron chi connectivity index (χ4n) is 9.57. The van der Waals surface area contributed by atoms with Gasteiger partial charge in [-0.25, -0.2) is 0 Å². The molecule has 0 radical (unpaired) electrons. The predicted octanol–water partition coefficient (Wildman–Crippen LogP) is 0.411. The van der Waals surface area contributed by atoms with Gasteiger partial charge in [-0.3, -0.25) is 62.3 Å². The van der Waals surface area contributed by atoms with Crippen molar-refractivity contribution in [2.45, 2.75) is 187 Å². The number of ether oxygens (including phenoxy) is 1. The molecule has 0 unspecified atom stereocenters. The molecule has 0 saturated carbocycles. The number of rotatable bonds is 16. The number of carbonyl (C=O) groups is 13. The Kier molecular flexibility index (Phi) is 33.9. The van der Waals surface area contributed by atoms with Crippen LogP contribution in [0.5, 0.6) is 5.75 Å². The SMILES string of the molecule is CC[C@H](C)[C@@H]1NC(=O)[C@H](CCC(N)=O)NC(=O)[C@H](C(C)C)NC(=O)[C@@H](N)CCCNC(=O)[C@H](CC(C)C)NC(=O)[C@H](CCCCN)NC(=O)C(=O)Nc2ccc(OC)c(c2)C(=O)N=NC(=O)[C@@H](N)CCCNC(=O)[C@H](Cc2ccc(Br)cc2)NC(=O)[C@H](C(C)C)NC1=O. The topological polar surface area (TPSA) is 480 Å². The van der Waals surface area contributed by atoms with Crippen molar-refractivity contribution in [1.82, 2.24) is 47.9 Å². The first kappa shape index (κ1) is 78.9. The largest absolute Gasteiger partial charge is 0.496 e. The zero-order chi connectivity index (χ0) is 69.6. The molecule has 10 atom stereocenters. The number of azo groups is 1. The molecule has 3 rings (SSSR count). The summed E-state index contributed by atoms with van der Waals surface area (Å²) in [6.45, 7) is 13.8. The summed E-state index contributed by atoms with van der Waals surface area (Å²) >= 11 is 3.40. The van der Waals surface area contributed by atoms with Gasteiger partial charge >= 0.3 is 11.8 Å². The molecule has 93 heavy (non-hydrogen) atoms. The van der Waals surface area contributed by atoms with Crippen molar-refractivity contribution >= 4 is 98.4 Å². The second-order valence-corrected chi connectivity index (χ2v) is 25.0. The van der Waals surface area contributed by atoms with Crippen LogP contribution in [0.2, 0.25) is 0 Å². The average molecular weight is 1370 g/mol. The van der Waals surface area contributed by atoms with Gasteiger partial charge in [-0.2, -0.15) is 0 Å². The van der Waals surface area contributed by atoms with E-state index >= 15 is 0 Å². The first-order valence-electron chi connectivity index (χ1n) is 31.3. The van der Waals surface area contributed by atoms with Gasteiger partial charge in [-0.05, 0) is 124 Å². The predicted molar refractivity (Wildman–Crippen MR) is 348 cm³/mol. The maximum Gasteiger partial charge on any atom is 0.313 e. The molecule has 30 nitrogen and oxygen atoms in total. The number of nitrogens with two attached hydrogens (primary N) is 4. The summed E-state index contributed by atoms with van der Waals surface area (Å²) in [4.78, 5) is 178. The number of fused-ring (bicyclic) bond motifs is 2. The Balaban J connectivity index is 2.05. The highest BCUT2D eigenvalue weighted by molar-refractivity contribution is 9.10. The lowest BCUT2D eigenvalue weighted by atomic mass is 9.95. The monoisotopic (exact) mass is 1370 g/mol. The molecule has 2 aromatic carbocycles. The molecule has 0 saturated heterocycles. The summed E-state index contributed by atoms with van der Waals surface area (Å²) in [5.41, 5.74) is 23.9. The Labute approximate surface area is 550 Å². The van der Waals surface area contributed by atoms with Gasteiger partial charge in [0.25, 0.3) is 11.8 Å². The van der Waals surface area contributed by atoms with Crippen LogP contribution in [-0.4, -0.2) is 158 Å². The van der Waals surface area contributed by atoms with Crippen LogP contribution in [0.1, 0.15) is 142 Å². The van der Waals surface area contributed by atoms with E-state index in [4.69, 9.17) is 27.7 Å². The van der Waals surface area contributed by atoms with Gasteiger partial charge in [0.2, 0.25) is 53.2 Å². The van der Waals surface area contributed by atoms with Crippen LogP contribution in [0.4, 0.5) is 5.69 Å². The Hall–Kier alpha value is -8.29. The quantitative estimate of drug-likeness (QED) is 0.0799. The molecule has 2 aromatic rings. The standard InChI is InChI=1S/C62H95BrN16O14/c1-10-35(8)50-60(90)76-49(34(6)7)59(89)74-45(30-36-18-20-37(63)21-19-36)55(85)69-28-14-16-41(66)53(83)79-78-51(81)39-31-38(22-24-46(39)93-9)70-61(91)62(92)72-42(17-11-12-26-64)56(86)73-44(29-32(2)3)54(84)68-27-13-15-40(65)52(82)75-48(33(4)5)58(88)71-43(57(87)77-50)23-25-47(67)80/h18-22,24,31-35,40-45,48-50H,10-17,23,25-30,64-66H2,1-9H3,(H2,67,80)(H,68,84)(H,69,85)(H,70,91)(H,71,88)(H,72,92)(H,73,86)(H,74,89)(H,75,82)(H,76,90)(H,77,87)/t35-,40-,41-,42-,43-,44-,45-,48-,49-,50-/m0/s1. The van der Waals surface area contributed by atoms with Crippen LogP contribution in [0.25, 0.3) is 0 Å². The Morgan fingerprint density at radius 3 is 1.69 bits per heavy atom. The number of hydrogen-bond acceptors (Lipinski definition) is 17. The average Bonchev–Trinajstić information content (AvgIpc) is 1.27. The van der Waals surface area contributed by atoms with Crippen molar-refractivity contribution < 1.29 is 67.1 Å². The first-order valence-corrected chi connectivity index (χ1v) is 32.1. The third-order valence-electron chi connectivity index (χ3n) is 15.3. The summed E-state index contributed by atoms with van der Waals surface area (Å²) in [5, 5.41) is 33.4. The zero-order valence-corrected chi connectivity index (χ0v) is 56.0. The van der Waals surface area contributed by atoms with Gasteiger partial charge in [-0.15, -0.1) is 10.2 Å². The minimum absolute atomic E-state index is 0.00348. The van der Waals surface area contributed by atoms with E-state index in [0.717, 1.165) is 10.5 Å². The van der Waals surface area contributed by atoms with Crippen molar-refractivity contribution in [1.29, 1.82) is 0 Å². The summed E-state index contributed by atoms with van der Waals surface area (Å²) in [6.07, 6.45) is 0.748. The molecule has 0 aliphatic carbocycles. The smallest absolute Gasteiger partial charge is 0.313 e. The normalized spacial score (nSPS) is 23.9. The first-order chi connectivity index (χ1) is 43.9. The van der Waals surface area contributed by atoms with E-state index in [2.05, 4.69) is 79.3 Å². The molecule has 1 heterocycles. The second-order valence-electron chi connectivity index (χ2n) is 24.1. The highest BCUT2D eigenvalue weighted by Crippen LogP contribution is 2.24. The fourth-order valence-corrected chi connectivity index (χ4v) is 9.83. The molecule has 13 amide bonds. The number of carbonyl (C=O) groups excluding carboxylic acids is 13. The van der Waals surface area contributed by atoms with Gasteiger partial charge < -0.3 is 80.8 Å². The fraction of sp³-hybridized carbons (Fsp3) is 0.597. The zero-order valence-electron chi connectivity index (χ0n) is 54.5. The van der Waals surface area contributed by atoms with Crippen LogP contribution < -0.4 is 80.8 Å². The maximum absolute atomic E-state index is 14.4. The van der Waals surface area contributed by atoms with Crippen LogP contribution in [-0.2, 0) is 64.0 Å². The van der Waals surface area contributed by atoms with Crippen molar-refractivity contribution in [2.24, 2.45) is 56.8 Å². The van der Waals surface area contributed by atoms with Crippen LogP contribution >= 0.6 is 15.9 Å². The Morgan fingerprint density at radius 2 is 1.13 bits per heavy atom. The van der Waals surface area contributed by atoms with E-state index in [0.29, 0.717) is 24.8 Å². The maximum atomic E-state index is 14.4. The minimum atomic E-state index is -1.48. The molecule has 0 aromatic heterocycles. The number of nitrogens with one attached hydrogen (secondary N) is 10. The van der Waals surface area contributed by atoms with E-state index in [-0.39, 0.29) is 100 Å². The van der Waals surface area contributed by atoms with E-state index in [1.807, 2.05) is 13.8 Å². The molecular formula is C62H95BrN16O14. The van der Waals surface area contributed by atoms with Gasteiger partial charge in [-0.1, -0.05) is 89.9 Å². The number of benzene rings is 2. The molecule has 31 heteroatoms. The van der Waals surface area contributed by atoms with Crippen molar-refractivity contribution in [3.8, 4) is 5.75 Å². The number of unbranched alkanes of at least 4 members (excludes halogenated alkanes) is 1. The summed E-state index contributed by atoms with van der Waals surface area (Å²) in [5.74, 6) is -13.4. The molecule has 0 spiro atoms. The van der Waals surface area contributed by atoms with Crippen LogP contribution in [0.15, 0.2) is 57.2 Å². The Bertz CT molecular complexity index is 2970. The molecular weight excluding hydrogens is 1270 g/mol. The van der Waals surface area contributed by atoms with Gasteiger partial charge in [0.15, 0.2) is 0 Å². The lowest BCUT2D eigenvalue weighted by Gasteiger charge is -2.31. The highest BCUT2D eigenvalue weighted by atomic mass is 79.9. The summed E-state index contributed by atoms with van der Waals surface area (Å²) < 4.78 is 6.05. The van der Waals surface area contributed by atoms with Gasteiger partial charge in [0, 0.05) is 36.1 Å². The molecule has 2 bridgehead atoms. The molecule has 1 aliphatic heterocycles. The van der Waals surface area contributed by atoms with E-state index in [1.165, 1.54) is 19.2 Å². The molecule has 1 aliphatic rings. The molecule has 514 valence electrons. The van der Waals surface area contributed by atoms with E-state index < -0.39 is 149 Å². The number of primary amides is 1. The third kappa shape index (κ3) is 27.1. The number of methoxy groups -OCH3 is 1. The van der Waals surface area contributed by atoms with E-state index in [1.54, 1.807) is 65.8 Å². The summed E-state index contributed by atoms with van der Waals surface area (Å²) in [7, 11) is 1.24. The summed E-state index contributed by atoms with van der Waals surface area (Å²) in [6, 6.07) is -0.889. The van der Waals surface area contributed by atoms with Crippen molar-refractivity contribution in [2.75, 3.05) is 32.1 Å². The third-order valence-corrected chi connectivity index (χ3v) is 15.8. The number of amides is 13. The number of nitrogens with zero attached hydrogens (tertiary/aromatic N) is 2. The van der Waals surface area contributed by atoms with Crippen LogP contribution in [0.3, 0.4) is 0 Å². The van der Waals surface area contributed by atoms with Gasteiger partial charge in [0.05, 0.1) is 24.8 Å². The van der Waals surface area contributed by atoms with E-state index in [9.17, 15) is 62.3 Å². The number of anilines is 1. The highest BCUT2D eigenvalue weighted by Gasteiger charge is 2.37. The number of hydrogen-bond donors (Lipinski definition) is 14.